The molecule has 0 heterocycles. The third kappa shape index (κ3) is 5.10. The van der Waals surface area contributed by atoms with Crippen LogP contribution in [-0.4, -0.2) is 23.8 Å². The molecule has 3 N–H and O–H groups in total. The van der Waals surface area contributed by atoms with Gasteiger partial charge in [0.25, 0.3) is 5.91 Å². The van der Waals surface area contributed by atoms with Crippen LogP contribution in [0.3, 0.4) is 0 Å². The van der Waals surface area contributed by atoms with Crippen molar-refractivity contribution in [1.82, 2.24) is 5.43 Å². The van der Waals surface area contributed by atoms with Crippen LogP contribution in [0.25, 0.3) is 0 Å². The van der Waals surface area contributed by atoms with Crippen molar-refractivity contribution in [3.05, 3.63) is 57.6 Å². The molecule has 0 radical (unpaired) electrons. The quantitative estimate of drug-likeness (QED) is 0.554. The van der Waals surface area contributed by atoms with E-state index in [1.54, 1.807) is 19.1 Å². The van der Waals surface area contributed by atoms with Crippen molar-refractivity contribution in [3.63, 3.8) is 0 Å². The monoisotopic (exact) mass is 375 g/mol. The van der Waals surface area contributed by atoms with Crippen LogP contribution >= 0.6 is 15.9 Å². The highest BCUT2D eigenvalue weighted by Crippen LogP contribution is 2.28. The summed E-state index contributed by atoms with van der Waals surface area (Å²) in [6.45, 7) is 3.94. The third-order valence-electron chi connectivity index (χ3n) is 3.18. The van der Waals surface area contributed by atoms with Crippen LogP contribution in [0.1, 0.15) is 16.7 Å². The first kappa shape index (κ1) is 17.0. The number of rotatable bonds is 5. The summed E-state index contributed by atoms with van der Waals surface area (Å²) in [5.74, 6) is -0.0372. The Morgan fingerprint density at radius 2 is 1.96 bits per heavy atom. The van der Waals surface area contributed by atoms with Gasteiger partial charge in [-0.1, -0.05) is 17.7 Å². The molecule has 5 nitrogen and oxygen atoms in total. The lowest BCUT2D eigenvalue weighted by molar-refractivity contribution is -0.119. The molecule has 0 spiro atoms. The Kier molecular flexibility index (Phi) is 5.76. The normalized spacial score (nSPS) is 10.7. The molecular formula is C17H18BrN3O2. The molecule has 1 amide bonds. The predicted octanol–water partition coefficient (Wildman–Crippen LogP) is 3.33. The van der Waals surface area contributed by atoms with Gasteiger partial charge in [0.2, 0.25) is 0 Å². The maximum Gasteiger partial charge on any atom is 0.259 e. The van der Waals surface area contributed by atoms with Gasteiger partial charge in [0, 0.05) is 5.69 Å². The Balaban J connectivity index is 1.85. The van der Waals surface area contributed by atoms with E-state index in [1.807, 2.05) is 31.2 Å². The number of amides is 1. The van der Waals surface area contributed by atoms with Crippen LogP contribution in [0.2, 0.25) is 0 Å². The van der Waals surface area contributed by atoms with Crippen LogP contribution < -0.4 is 10.7 Å². The molecule has 0 bridgehead atoms. The molecule has 0 saturated heterocycles. The zero-order chi connectivity index (χ0) is 16.8. The summed E-state index contributed by atoms with van der Waals surface area (Å²) in [7, 11) is 0. The number of aryl methyl sites for hydroxylation is 2. The van der Waals surface area contributed by atoms with Crippen LogP contribution in [0, 0.1) is 13.8 Å². The molecule has 120 valence electrons. The molecular weight excluding hydrogens is 358 g/mol. The zero-order valence-corrected chi connectivity index (χ0v) is 14.5. The molecule has 0 aliphatic heterocycles. The number of anilines is 1. The highest BCUT2D eigenvalue weighted by Gasteiger charge is 2.03. The van der Waals surface area contributed by atoms with Crippen molar-refractivity contribution >= 4 is 33.7 Å². The van der Waals surface area contributed by atoms with Gasteiger partial charge in [-0.25, -0.2) is 5.43 Å². The van der Waals surface area contributed by atoms with Gasteiger partial charge in [0.15, 0.2) is 0 Å². The summed E-state index contributed by atoms with van der Waals surface area (Å²) in [4.78, 5) is 11.7. The van der Waals surface area contributed by atoms with Gasteiger partial charge in [-0.2, -0.15) is 5.10 Å². The van der Waals surface area contributed by atoms with Crippen molar-refractivity contribution in [2.45, 2.75) is 13.8 Å². The number of hydrogen-bond acceptors (Lipinski definition) is 4. The van der Waals surface area contributed by atoms with Crippen molar-refractivity contribution < 1.29 is 9.90 Å². The Morgan fingerprint density at radius 1 is 1.26 bits per heavy atom. The minimum Gasteiger partial charge on any atom is -0.506 e. The number of nitrogens with zero attached hydrogens (tertiary/aromatic N) is 1. The number of phenolic OH excluding ortho intramolecular Hbond substituents is 1. The van der Waals surface area contributed by atoms with Gasteiger partial charge in [0.1, 0.15) is 5.75 Å². The molecule has 0 aliphatic rings. The van der Waals surface area contributed by atoms with Crippen molar-refractivity contribution in [1.29, 1.82) is 0 Å². The smallest absolute Gasteiger partial charge is 0.259 e. The highest BCUT2D eigenvalue weighted by atomic mass is 79.9. The first-order chi connectivity index (χ1) is 11.0. The van der Waals surface area contributed by atoms with Gasteiger partial charge in [-0.05, 0) is 65.2 Å². The summed E-state index contributed by atoms with van der Waals surface area (Å²) in [6.07, 6.45) is 1.53. The summed E-state index contributed by atoms with van der Waals surface area (Å²) in [5.41, 5.74) is 6.01. The van der Waals surface area contributed by atoms with Gasteiger partial charge >= 0.3 is 0 Å². The summed E-state index contributed by atoms with van der Waals surface area (Å²) >= 11 is 3.26. The molecule has 0 saturated carbocycles. The first-order valence-corrected chi connectivity index (χ1v) is 7.86. The first-order valence-electron chi connectivity index (χ1n) is 7.07. The van der Waals surface area contributed by atoms with Crippen molar-refractivity contribution in [2.75, 3.05) is 11.9 Å². The van der Waals surface area contributed by atoms with E-state index in [2.05, 4.69) is 31.8 Å². The van der Waals surface area contributed by atoms with Gasteiger partial charge in [0.05, 0.1) is 17.2 Å². The molecule has 0 unspecified atom stereocenters. The Bertz CT molecular complexity index is 704. The lowest BCUT2D eigenvalue weighted by Crippen LogP contribution is -2.25. The lowest BCUT2D eigenvalue weighted by atomic mass is 10.1. The number of nitrogens with one attached hydrogen (secondary N) is 2. The van der Waals surface area contributed by atoms with E-state index in [1.165, 1.54) is 11.8 Å². The fraction of sp³-hybridized carbons (Fsp3) is 0.176. The lowest BCUT2D eigenvalue weighted by Gasteiger charge is -2.05. The molecule has 2 rings (SSSR count). The van der Waals surface area contributed by atoms with E-state index in [-0.39, 0.29) is 18.2 Å². The van der Waals surface area contributed by atoms with Gasteiger partial charge in [-0.3, -0.25) is 4.79 Å². The number of carbonyl (C=O) groups is 1. The number of phenols is 1. The fourth-order valence-electron chi connectivity index (χ4n) is 1.91. The average Bonchev–Trinajstić information content (AvgIpc) is 2.52. The standard InChI is InChI=1S/C17H18BrN3O2/c1-11-3-5-14(6-4-11)19-10-16(22)21-20-9-13-7-12(2)17(23)15(18)8-13/h3-9,19,23H,10H2,1-2H3,(H,21,22)/b20-9+. The highest BCUT2D eigenvalue weighted by molar-refractivity contribution is 9.10. The number of carbonyl (C=O) groups excluding carboxylic acids is 1. The molecule has 6 heteroatoms. The van der Waals surface area contributed by atoms with Crippen LogP contribution in [0.5, 0.6) is 5.75 Å². The molecule has 0 atom stereocenters. The molecule has 0 aromatic heterocycles. The third-order valence-corrected chi connectivity index (χ3v) is 3.79. The minimum atomic E-state index is -0.239. The van der Waals surface area contributed by atoms with E-state index >= 15 is 0 Å². The Labute approximate surface area is 143 Å². The molecule has 2 aromatic rings. The van der Waals surface area contributed by atoms with E-state index < -0.39 is 0 Å². The second kappa shape index (κ2) is 7.78. The minimum absolute atomic E-state index is 0.138. The van der Waals surface area contributed by atoms with Gasteiger partial charge in [-0.15, -0.1) is 0 Å². The van der Waals surface area contributed by atoms with E-state index in [9.17, 15) is 9.90 Å². The molecule has 2 aromatic carbocycles. The predicted molar refractivity (Wildman–Crippen MR) is 95.9 cm³/mol. The topological polar surface area (TPSA) is 73.7 Å². The molecule has 0 fully saturated rings. The Hall–Kier alpha value is -2.34. The maximum absolute atomic E-state index is 11.7. The second-order valence-electron chi connectivity index (χ2n) is 5.18. The number of hydrazone groups is 1. The number of halogens is 1. The van der Waals surface area contributed by atoms with Crippen molar-refractivity contribution in [2.24, 2.45) is 5.10 Å². The van der Waals surface area contributed by atoms with Crippen LogP contribution in [0.15, 0.2) is 46.0 Å². The molecule has 23 heavy (non-hydrogen) atoms. The SMILES string of the molecule is Cc1ccc(NCC(=O)N/N=C/c2cc(C)c(O)c(Br)c2)cc1. The molecule has 0 aliphatic carbocycles. The number of hydrogen-bond donors (Lipinski definition) is 3. The average molecular weight is 376 g/mol. The zero-order valence-electron chi connectivity index (χ0n) is 12.9. The maximum atomic E-state index is 11.7. The van der Waals surface area contributed by atoms with Crippen LogP contribution in [0.4, 0.5) is 5.69 Å². The summed E-state index contributed by atoms with van der Waals surface area (Å²) in [6, 6.07) is 11.3. The summed E-state index contributed by atoms with van der Waals surface area (Å²) < 4.78 is 0.589. The van der Waals surface area contributed by atoms with E-state index in [0.29, 0.717) is 4.47 Å². The fourth-order valence-corrected chi connectivity index (χ4v) is 2.49. The van der Waals surface area contributed by atoms with E-state index in [4.69, 9.17) is 0 Å². The van der Waals surface area contributed by atoms with Crippen LogP contribution in [-0.2, 0) is 4.79 Å². The number of aromatic hydroxyl groups is 1. The second-order valence-corrected chi connectivity index (χ2v) is 6.04. The van der Waals surface area contributed by atoms with Crippen molar-refractivity contribution in [3.8, 4) is 5.75 Å². The number of benzene rings is 2. The summed E-state index contributed by atoms with van der Waals surface area (Å²) in [5, 5.41) is 16.6. The van der Waals surface area contributed by atoms with Gasteiger partial charge < -0.3 is 10.4 Å². The van der Waals surface area contributed by atoms with E-state index in [0.717, 1.165) is 16.8 Å². The Morgan fingerprint density at radius 3 is 2.61 bits per heavy atom. The largest absolute Gasteiger partial charge is 0.506 e.